The van der Waals surface area contributed by atoms with Crippen LogP contribution in [-0.4, -0.2) is 41.7 Å². The van der Waals surface area contributed by atoms with E-state index in [4.69, 9.17) is 5.11 Å². The lowest BCUT2D eigenvalue weighted by Gasteiger charge is -2.14. The molecule has 19 heavy (non-hydrogen) atoms. The number of urea groups is 1. The number of hydrogen-bond acceptors (Lipinski definition) is 3. The van der Waals surface area contributed by atoms with Crippen molar-refractivity contribution in [2.75, 3.05) is 18.6 Å². The summed E-state index contributed by atoms with van der Waals surface area (Å²) < 4.78 is 0. The summed E-state index contributed by atoms with van der Waals surface area (Å²) in [6, 6.07) is -1.19. The van der Waals surface area contributed by atoms with E-state index < -0.39 is 18.0 Å². The molecule has 5 nitrogen and oxygen atoms in total. The van der Waals surface area contributed by atoms with Crippen LogP contribution in [0.3, 0.4) is 0 Å². The van der Waals surface area contributed by atoms with Crippen LogP contribution < -0.4 is 10.6 Å². The zero-order valence-electron chi connectivity index (χ0n) is 12.1. The molecule has 0 aromatic heterocycles. The maximum atomic E-state index is 11.5. The first-order valence-electron chi connectivity index (χ1n) is 6.73. The van der Waals surface area contributed by atoms with Gasteiger partial charge < -0.3 is 15.7 Å². The molecule has 1 atom stereocenters. The average Bonchev–Trinajstić information content (AvgIpc) is 2.33. The van der Waals surface area contributed by atoms with Crippen molar-refractivity contribution >= 4 is 23.8 Å². The van der Waals surface area contributed by atoms with Gasteiger partial charge in [-0.1, -0.05) is 26.7 Å². The molecule has 0 aliphatic rings. The molecule has 0 unspecified atom stereocenters. The smallest absolute Gasteiger partial charge is 0.326 e. The Morgan fingerprint density at radius 1 is 1.21 bits per heavy atom. The number of thioether (sulfide) groups is 1. The Hall–Kier alpha value is -0.910. The molecule has 0 aromatic rings. The van der Waals surface area contributed by atoms with Crippen molar-refractivity contribution in [1.29, 1.82) is 0 Å². The summed E-state index contributed by atoms with van der Waals surface area (Å²) in [6.45, 7) is 4.93. The van der Waals surface area contributed by atoms with E-state index in [-0.39, 0.29) is 0 Å². The van der Waals surface area contributed by atoms with Crippen molar-refractivity contribution in [3.8, 4) is 0 Å². The minimum atomic E-state index is -0.982. The highest BCUT2D eigenvalue weighted by Gasteiger charge is 2.18. The maximum absolute atomic E-state index is 11.5. The molecule has 0 bridgehead atoms. The Morgan fingerprint density at radius 2 is 1.89 bits per heavy atom. The molecule has 0 fully saturated rings. The molecule has 0 heterocycles. The standard InChI is InChI=1S/C13H26N2O3S/c1-10(2)6-4-5-8-14-13(18)15-11(12(16)17)7-9-19-3/h10-11H,4-9H2,1-3H3,(H,16,17)(H2,14,15,18)/t11-/m0/s1. The van der Waals surface area contributed by atoms with E-state index in [1.807, 2.05) is 6.26 Å². The van der Waals surface area contributed by atoms with E-state index in [2.05, 4.69) is 24.5 Å². The van der Waals surface area contributed by atoms with E-state index in [0.717, 1.165) is 19.3 Å². The third-order valence-corrected chi connectivity index (χ3v) is 3.35. The highest BCUT2D eigenvalue weighted by atomic mass is 32.2. The van der Waals surface area contributed by atoms with Crippen LogP contribution in [0.2, 0.25) is 0 Å². The first kappa shape index (κ1) is 18.1. The van der Waals surface area contributed by atoms with Crippen LogP contribution in [0.4, 0.5) is 4.79 Å². The van der Waals surface area contributed by atoms with Gasteiger partial charge >= 0.3 is 12.0 Å². The number of aliphatic carboxylic acids is 1. The van der Waals surface area contributed by atoms with Crippen molar-refractivity contribution in [3.63, 3.8) is 0 Å². The van der Waals surface area contributed by atoms with Crippen LogP contribution in [0.25, 0.3) is 0 Å². The fourth-order valence-electron chi connectivity index (χ4n) is 1.58. The fraction of sp³-hybridized carbons (Fsp3) is 0.846. The third kappa shape index (κ3) is 10.7. The number of unbranched alkanes of at least 4 members (excludes halogenated alkanes) is 1. The minimum absolute atomic E-state index is 0.391. The molecule has 0 saturated heterocycles. The molecule has 2 amide bonds. The van der Waals surface area contributed by atoms with Gasteiger partial charge in [0.05, 0.1) is 0 Å². The van der Waals surface area contributed by atoms with Gasteiger partial charge in [0.2, 0.25) is 0 Å². The molecule has 6 heteroatoms. The highest BCUT2D eigenvalue weighted by Crippen LogP contribution is 2.05. The summed E-state index contributed by atoms with van der Waals surface area (Å²) in [5.74, 6) is 0.409. The third-order valence-electron chi connectivity index (χ3n) is 2.71. The first-order chi connectivity index (χ1) is 8.97. The molecule has 0 saturated carbocycles. The second-order valence-electron chi connectivity index (χ2n) is 4.96. The van der Waals surface area contributed by atoms with Gasteiger partial charge in [0.1, 0.15) is 6.04 Å². The van der Waals surface area contributed by atoms with Crippen LogP contribution in [0.5, 0.6) is 0 Å². The van der Waals surface area contributed by atoms with Gasteiger partial charge in [-0.15, -0.1) is 0 Å². The predicted octanol–water partition coefficient (Wildman–Crippen LogP) is 2.32. The van der Waals surface area contributed by atoms with Crippen LogP contribution >= 0.6 is 11.8 Å². The second-order valence-corrected chi connectivity index (χ2v) is 5.95. The summed E-state index contributed by atoms with van der Waals surface area (Å²) >= 11 is 1.57. The number of amides is 2. The molecule has 112 valence electrons. The Morgan fingerprint density at radius 3 is 2.42 bits per heavy atom. The molecule has 0 aliphatic heterocycles. The zero-order valence-corrected chi connectivity index (χ0v) is 12.9. The van der Waals surface area contributed by atoms with Crippen molar-refractivity contribution in [2.45, 2.75) is 45.6 Å². The monoisotopic (exact) mass is 290 g/mol. The lowest BCUT2D eigenvalue weighted by molar-refractivity contribution is -0.139. The molecular weight excluding hydrogens is 264 g/mol. The Balaban J connectivity index is 3.77. The molecule has 0 rings (SSSR count). The predicted molar refractivity (Wildman–Crippen MR) is 79.6 cm³/mol. The average molecular weight is 290 g/mol. The lowest BCUT2D eigenvalue weighted by atomic mass is 10.1. The molecule has 0 spiro atoms. The number of hydrogen-bond donors (Lipinski definition) is 3. The van der Waals surface area contributed by atoms with Gasteiger partial charge in [-0.05, 0) is 30.8 Å². The molecule has 0 radical (unpaired) electrons. The van der Waals surface area contributed by atoms with Crippen LogP contribution in [-0.2, 0) is 4.79 Å². The number of carboxylic acids is 1. The van der Waals surface area contributed by atoms with Crippen molar-refractivity contribution in [1.82, 2.24) is 10.6 Å². The Labute approximate surface area is 119 Å². The van der Waals surface area contributed by atoms with Crippen LogP contribution in [0, 0.1) is 5.92 Å². The summed E-state index contributed by atoms with van der Waals surface area (Å²) in [7, 11) is 0. The van der Waals surface area contributed by atoms with Crippen LogP contribution in [0.1, 0.15) is 39.5 Å². The van der Waals surface area contributed by atoms with Gasteiger partial charge in [0, 0.05) is 6.54 Å². The summed E-state index contributed by atoms with van der Waals surface area (Å²) in [5.41, 5.74) is 0. The van der Waals surface area contributed by atoms with Crippen molar-refractivity contribution in [2.24, 2.45) is 5.92 Å². The number of nitrogens with one attached hydrogen (secondary N) is 2. The fourth-order valence-corrected chi connectivity index (χ4v) is 2.05. The summed E-state index contributed by atoms with van der Waals surface area (Å²) in [6.07, 6.45) is 5.50. The number of carboxylic acid groups (broad SMARTS) is 1. The normalized spacial score (nSPS) is 12.2. The van der Waals surface area contributed by atoms with Gasteiger partial charge in [-0.3, -0.25) is 0 Å². The quantitative estimate of drug-likeness (QED) is 0.540. The first-order valence-corrected chi connectivity index (χ1v) is 8.12. The number of carbonyl (C=O) groups excluding carboxylic acids is 1. The second kappa shape index (κ2) is 11.0. The van der Waals surface area contributed by atoms with Gasteiger partial charge in [0.15, 0.2) is 0 Å². The summed E-state index contributed by atoms with van der Waals surface area (Å²) in [4.78, 5) is 22.5. The lowest BCUT2D eigenvalue weighted by Crippen LogP contribution is -2.46. The SMILES string of the molecule is CSCC[C@H](NC(=O)NCCCCC(C)C)C(=O)O. The zero-order chi connectivity index (χ0) is 14.7. The molecule has 0 aliphatic carbocycles. The molecular formula is C13H26N2O3S. The minimum Gasteiger partial charge on any atom is -0.480 e. The van der Waals surface area contributed by atoms with E-state index in [9.17, 15) is 9.59 Å². The van der Waals surface area contributed by atoms with E-state index >= 15 is 0 Å². The van der Waals surface area contributed by atoms with Crippen LogP contribution in [0.15, 0.2) is 0 Å². The van der Waals surface area contributed by atoms with Crippen molar-refractivity contribution in [3.05, 3.63) is 0 Å². The van der Waals surface area contributed by atoms with Gasteiger partial charge in [-0.2, -0.15) is 11.8 Å². The Bertz CT molecular complexity index is 273. The number of rotatable bonds is 10. The van der Waals surface area contributed by atoms with E-state index in [1.165, 1.54) is 0 Å². The highest BCUT2D eigenvalue weighted by molar-refractivity contribution is 7.98. The van der Waals surface area contributed by atoms with Crippen molar-refractivity contribution < 1.29 is 14.7 Å². The largest absolute Gasteiger partial charge is 0.480 e. The van der Waals surface area contributed by atoms with Gasteiger partial charge in [0.25, 0.3) is 0 Å². The summed E-state index contributed by atoms with van der Waals surface area (Å²) in [5, 5.41) is 14.2. The van der Waals surface area contributed by atoms with Gasteiger partial charge in [-0.25, -0.2) is 9.59 Å². The topological polar surface area (TPSA) is 78.4 Å². The van der Waals surface area contributed by atoms with E-state index in [1.54, 1.807) is 11.8 Å². The Kier molecular flexibility index (Phi) is 10.4. The molecule has 0 aromatic carbocycles. The maximum Gasteiger partial charge on any atom is 0.326 e. The molecule has 3 N–H and O–H groups in total. The number of carbonyl (C=O) groups is 2. The van der Waals surface area contributed by atoms with E-state index in [0.29, 0.717) is 24.6 Å².